The Hall–Kier alpha value is -4.23. The average Bonchev–Trinajstić information content (AvgIpc) is 3.48. The van der Waals surface area contributed by atoms with Crippen LogP contribution in [0.5, 0.6) is 0 Å². The van der Waals surface area contributed by atoms with Crippen molar-refractivity contribution < 1.29 is 0 Å². The van der Waals surface area contributed by atoms with Crippen molar-refractivity contribution in [3.63, 3.8) is 0 Å². The zero-order valence-electron chi connectivity index (χ0n) is 21.6. The molecule has 0 fully saturated rings. The molecule has 4 nitrogen and oxygen atoms in total. The van der Waals surface area contributed by atoms with Crippen LogP contribution in [0.15, 0.2) is 115 Å². The van der Waals surface area contributed by atoms with Gasteiger partial charge in [-0.3, -0.25) is 9.13 Å². The summed E-state index contributed by atoms with van der Waals surface area (Å²) in [5.74, 6) is 1.96. The molecule has 188 valence electrons. The van der Waals surface area contributed by atoms with Crippen LogP contribution in [0.1, 0.15) is 11.6 Å². The third-order valence-corrected chi connectivity index (χ3v) is 8.46. The molecule has 7 aromatic rings. The van der Waals surface area contributed by atoms with E-state index < -0.39 is 0 Å². The number of nitrogens with zero attached hydrogens (tertiary/aromatic N) is 4. The lowest BCUT2D eigenvalue weighted by atomic mass is 9.98. The second-order valence-corrected chi connectivity index (χ2v) is 10.8. The summed E-state index contributed by atoms with van der Waals surface area (Å²) in [6.45, 7) is 4.13. The number of hydrogen-bond acceptors (Lipinski definition) is 2. The van der Waals surface area contributed by atoms with Crippen molar-refractivity contribution in [2.24, 2.45) is 0 Å². The van der Waals surface area contributed by atoms with Gasteiger partial charge in [0.15, 0.2) is 0 Å². The molecule has 0 spiro atoms. The Morgan fingerprint density at radius 3 is 1.38 bits per heavy atom. The lowest BCUT2D eigenvalue weighted by Gasteiger charge is -2.12. The summed E-state index contributed by atoms with van der Waals surface area (Å²) in [5.41, 5.74) is 11.2. The first-order chi connectivity index (χ1) is 19.1. The predicted molar refractivity (Wildman–Crippen MR) is 169 cm³/mol. The van der Waals surface area contributed by atoms with Gasteiger partial charge in [-0.2, -0.15) is 0 Å². The minimum Gasteiger partial charge on any atom is -0.297 e. The molecule has 0 N–H and O–H groups in total. The van der Waals surface area contributed by atoms with Gasteiger partial charge in [0.2, 0.25) is 0 Å². The van der Waals surface area contributed by atoms with Gasteiger partial charge in [-0.1, -0.05) is 66.7 Å². The molecule has 5 aromatic carbocycles. The van der Waals surface area contributed by atoms with Gasteiger partial charge in [0.25, 0.3) is 0 Å². The molecule has 0 bridgehead atoms. The number of aromatic nitrogens is 4. The number of fused-ring (bicyclic) bond motifs is 2. The summed E-state index contributed by atoms with van der Waals surface area (Å²) in [6.07, 6.45) is 0. The van der Waals surface area contributed by atoms with Crippen molar-refractivity contribution in [2.45, 2.75) is 13.8 Å². The van der Waals surface area contributed by atoms with E-state index in [1.165, 1.54) is 14.7 Å². The summed E-state index contributed by atoms with van der Waals surface area (Å²) >= 11 is 2.49. The predicted octanol–water partition coefficient (Wildman–Crippen LogP) is 8.92. The number of benzene rings is 5. The molecule has 0 saturated heterocycles. The minimum atomic E-state index is 0.982. The molecule has 5 heteroatoms. The second kappa shape index (κ2) is 9.50. The SMILES string of the molecule is Cc1nc2cc(-c3cccc(-c4ccc5c(c4)nc(C)n5-c4ccccc4)c3I)ccc2n1-c1ccccc1. The Morgan fingerprint density at radius 1 is 0.513 bits per heavy atom. The molecule has 0 radical (unpaired) electrons. The van der Waals surface area contributed by atoms with E-state index in [9.17, 15) is 0 Å². The highest BCUT2D eigenvalue weighted by Gasteiger charge is 2.15. The number of para-hydroxylation sites is 2. The third kappa shape index (κ3) is 4.05. The smallest absolute Gasteiger partial charge is 0.111 e. The van der Waals surface area contributed by atoms with Crippen LogP contribution in [-0.4, -0.2) is 19.1 Å². The van der Waals surface area contributed by atoms with E-state index in [-0.39, 0.29) is 0 Å². The van der Waals surface area contributed by atoms with Gasteiger partial charge >= 0.3 is 0 Å². The Morgan fingerprint density at radius 2 is 0.949 bits per heavy atom. The van der Waals surface area contributed by atoms with Crippen molar-refractivity contribution in [3.8, 4) is 33.6 Å². The van der Waals surface area contributed by atoms with E-state index >= 15 is 0 Å². The Labute approximate surface area is 240 Å². The second-order valence-electron chi connectivity index (χ2n) is 9.73. The van der Waals surface area contributed by atoms with Gasteiger partial charge in [0, 0.05) is 14.9 Å². The third-order valence-electron chi connectivity index (χ3n) is 7.29. The van der Waals surface area contributed by atoms with Crippen LogP contribution < -0.4 is 0 Å². The lowest BCUT2D eigenvalue weighted by Crippen LogP contribution is -1.96. The van der Waals surface area contributed by atoms with E-state index in [0.29, 0.717) is 0 Å². The Bertz CT molecular complexity index is 1840. The first kappa shape index (κ1) is 23.9. The van der Waals surface area contributed by atoms with Crippen LogP contribution in [0, 0.1) is 17.4 Å². The highest BCUT2D eigenvalue weighted by atomic mass is 127. The number of aryl methyl sites for hydroxylation is 2. The maximum Gasteiger partial charge on any atom is 0.111 e. The fourth-order valence-electron chi connectivity index (χ4n) is 5.52. The molecule has 0 aliphatic heterocycles. The molecule has 39 heavy (non-hydrogen) atoms. The number of halogens is 1. The number of hydrogen-bond donors (Lipinski definition) is 0. The summed E-state index contributed by atoms with van der Waals surface area (Å²) < 4.78 is 5.64. The Balaban J connectivity index is 1.30. The first-order valence-electron chi connectivity index (χ1n) is 13.0. The van der Waals surface area contributed by atoms with Crippen LogP contribution >= 0.6 is 22.6 Å². The zero-order valence-corrected chi connectivity index (χ0v) is 23.8. The summed E-state index contributed by atoms with van der Waals surface area (Å²) in [4.78, 5) is 9.81. The van der Waals surface area contributed by atoms with Crippen LogP contribution in [0.4, 0.5) is 0 Å². The van der Waals surface area contributed by atoms with Gasteiger partial charge in [-0.05, 0) is 107 Å². The highest BCUT2D eigenvalue weighted by Crippen LogP contribution is 2.36. The van der Waals surface area contributed by atoms with E-state index in [1.54, 1.807) is 0 Å². The number of imidazole rings is 2. The molecular weight excluding hydrogens is 591 g/mol. The van der Waals surface area contributed by atoms with E-state index in [0.717, 1.165) is 56.2 Å². The fourth-order valence-corrected chi connectivity index (χ4v) is 6.50. The average molecular weight is 617 g/mol. The van der Waals surface area contributed by atoms with Crippen LogP contribution in [0.2, 0.25) is 0 Å². The van der Waals surface area contributed by atoms with Crippen molar-refractivity contribution in [1.82, 2.24) is 19.1 Å². The lowest BCUT2D eigenvalue weighted by molar-refractivity contribution is 1.00. The molecule has 0 aliphatic rings. The molecule has 0 aliphatic carbocycles. The minimum absolute atomic E-state index is 0.982. The first-order valence-corrected chi connectivity index (χ1v) is 14.0. The Kier molecular flexibility index (Phi) is 5.81. The summed E-state index contributed by atoms with van der Waals surface area (Å²) in [5, 5.41) is 0. The molecule has 0 unspecified atom stereocenters. The van der Waals surface area contributed by atoms with E-state index in [1.807, 2.05) is 12.1 Å². The van der Waals surface area contributed by atoms with Crippen LogP contribution in [0.3, 0.4) is 0 Å². The molecule has 2 heterocycles. The molecule has 0 saturated carbocycles. The molecule has 7 rings (SSSR count). The largest absolute Gasteiger partial charge is 0.297 e. The quantitative estimate of drug-likeness (QED) is 0.185. The van der Waals surface area contributed by atoms with Gasteiger partial charge in [-0.25, -0.2) is 9.97 Å². The van der Waals surface area contributed by atoms with E-state index in [4.69, 9.17) is 9.97 Å². The van der Waals surface area contributed by atoms with Crippen LogP contribution in [0.25, 0.3) is 55.7 Å². The topological polar surface area (TPSA) is 35.6 Å². The normalized spacial score (nSPS) is 11.5. The zero-order chi connectivity index (χ0) is 26.5. The molecule has 2 aromatic heterocycles. The number of rotatable bonds is 4. The van der Waals surface area contributed by atoms with Crippen molar-refractivity contribution in [2.75, 3.05) is 0 Å². The maximum absolute atomic E-state index is 4.91. The summed E-state index contributed by atoms with van der Waals surface area (Å²) in [6, 6.07) is 40.5. The fraction of sp³-hybridized carbons (Fsp3) is 0.0588. The standard InChI is InChI=1S/C34H25IN4/c1-22-36-30-20-24(16-18-32(30)38(22)26-10-5-3-6-11-26)28-14-9-15-29(34(28)35)25-17-19-33-31(21-25)37-23(2)39(33)27-12-7-4-8-13-27/h3-21H,1-2H3. The van der Waals surface area contributed by atoms with Crippen molar-refractivity contribution in [1.29, 1.82) is 0 Å². The maximum atomic E-state index is 4.91. The molecular formula is C34H25IN4. The molecule has 0 amide bonds. The van der Waals surface area contributed by atoms with Gasteiger partial charge in [0.05, 0.1) is 22.1 Å². The van der Waals surface area contributed by atoms with E-state index in [2.05, 4.69) is 149 Å². The van der Waals surface area contributed by atoms with Gasteiger partial charge < -0.3 is 0 Å². The highest BCUT2D eigenvalue weighted by molar-refractivity contribution is 14.1. The summed E-state index contributed by atoms with van der Waals surface area (Å²) in [7, 11) is 0. The van der Waals surface area contributed by atoms with Crippen LogP contribution in [-0.2, 0) is 0 Å². The van der Waals surface area contributed by atoms with Gasteiger partial charge in [0.1, 0.15) is 11.6 Å². The van der Waals surface area contributed by atoms with Crippen molar-refractivity contribution in [3.05, 3.63) is 130 Å². The molecule has 0 atom stereocenters. The monoisotopic (exact) mass is 616 g/mol. The van der Waals surface area contributed by atoms with Gasteiger partial charge in [-0.15, -0.1) is 0 Å². The van der Waals surface area contributed by atoms with Crippen molar-refractivity contribution >= 4 is 44.7 Å².